The highest BCUT2D eigenvalue weighted by atomic mass is 35.5. The number of amides is 2. The third-order valence-electron chi connectivity index (χ3n) is 3.32. The maximum absolute atomic E-state index is 13.7. The predicted octanol–water partition coefficient (Wildman–Crippen LogP) is 3.93. The van der Waals surface area contributed by atoms with Crippen LogP contribution in [0.1, 0.15) is 18.1 Å². The van der Waals surface area contributed by atoms with E-state index in [1.165, 1.54) is 25.1 Å². The van der Waals surface area contributed by atoms with Crippen molar-refractivity contribution >= 4 is 34.8 Å². The van der Waals surface area contributed by atoms with E-state index >= 15 is 0 Å². The molecule has 2 N–H and O–H groups in total. The molecule has 0 saturated carbocycles. The van der Waals surface area contributed by atoms with Gasteiger partial charge in [0.05, 0.1) is 6.42 Å². The molecule has 6 heteroatoms. The molecule has 2 aromatic rings. The smallest absolute Gasteiger partial charge is 0.228 e. The first-order chi connectivity index (χ1) is 10.9. The van der Waals surface area contributed by atoms with Crippen LogP contribution in [0.4, 0.5) is 15.8 Å². The number of nitrogens with one attached hydrogen (secondary N) is 2. The van der Waals surface area contributed by atoms with Gasteiger partial charge in [0.1, 0.15) is 5.82 Å². The Morgan fingerprint density at radius 2 is 1.70 bits per heavy atom. The molecule has 0 aromatic heterocycles. The van der Waals surface area contributed by atoms with E-state index in [0.29, 0.717) is 11.4 Å². The number of anilines is 2. The van der Waals surface area contributed by atoms with Crippen molar-refractivity contribution in [1.82, 2.24) is 0 Å². The molecule has 0 unspecified atom stereocenters. The van der Waals surface area contributed by atoms with Gasteiger partial charge in [-0.1, -0.05) is 23.7 Å². The van der Waals surface area contributed by atoms with Gasteiger partial charge in [-0.15, -0.1) is 0 Å². The van der Waals surface area contributed by atoms with Gasteiger partial charge in [-0.05, 0) is 36.8 Å². The number of hydrogen-bond acceptors (Lipinski definition) is 2. The summed E-state index contributed by atoms with van der Waals surface area (Å²) in [6, 6.07) is 9.44. The lowest BCUT2D eigenvalue weighted by Crippen LogP contribution is -2.17. The second-order valence-electron chi connectivity index (χ2n) is 5.08. The Hall–Kier alpha value is -2.40. The second-order valence-corrected chi connectivity index (χ2v) is 5.49. The molecule has 0 bridgehead atoms. The third kappa shape index (κ3) is 4.29. The van der Waals surface area contributed by atoms with Crippen LogP contribution in [0.15, 0.2) is 36.4 Å². The second kappa shape index (κ2) is 7.24. The zero-order valence-corrected chi connectivity index (χ0v) is 13.5. The number of hydrogen-bond donors (Lipinski definition) is 2. The summed E-state index contributed by atoms with van der Waals surface area (Å²) >= 11 is 5.92. The molecule has 0 heterocycles. The molecular formula is C17H16ClFN2O2. The highest BCUT2D eigenvalue weighted by Crippen LogP contribution is 2.24. The fourth-order valence-corrected chi connectivity index (χ4v) is 2.38. The van der Waals surface area contributed by atoms with Crippen LogP contribution in [-0.2, 0) is 16.0 Å². The Morgan fingerprint density at radius 1 is 1.09 bits per heavy atom. The zero-order valence-electron chi connectivity index (χ0n) is 12.7. The predicted molar refractivity (Wildman–Crippen MR) is 89.2 cm³/mol. The molecule has 2 amide bonds. The van der Waals surface area contributed by atoms with E-state index in [9.17, 15) is 14.0 Å². The number of carbonyl (C=O) groups is 2. The molecule has 120 valence electrons. The van der Waals surface area contributed by atoms with E-state index in [4.69, 9.17) is 11.6 Å². The highest BCUT2D eigenvalue weighted by Gasteiger charge is 2.13. The van der Waals surface area contributed by atoms with Crippen LogP contribution in [0.3, 0.4) is 0 Å². The first-order valence-corrected chi connectivity index (χ1v) is 7.36. The molecule has 0 spiro atoms. The van der Waals surface area contributed by atoms with Crippen molar-refractivity contribution in [2.75, 3.05) is 10.6 Å². The number of carbonyl (C=O) groups excluding carboxylic acids is 2. The van der Waals surface area contributed by atoms with Gasteiger partial charge >= 0.3 is 0 Å². The molecule has 23 heavy (non-hydrogen) atoms. The number of rotatable bonds is 4. The van der Waals surface area contributed by atoms with Crippen molar-refractivity contribution in [1.29, 1.82) is 0 Å². The maximum Gasteiger partial charge on any atom is 0.228 e. The molecule has 4 nitrogen and oxygen atoms in total. The van der Waals surface area contributed by atoms with Crippen LogP contribution >= 0.6 is 11.6 Å². The van der Waals surface area contributed by atoms with Crippen LogP contribution in [0.5, 0.6) is 0 Å². The van der Waals surface area contributed by atoms with Crippen molar-refractivity contribution in [3.63, 3.8) is 0 Å². The largest absolute Gasteiger partial charge is 0.326 e. The molecule has 2 rings (SSSR count). The number of halogens is 2. The summed E-state index contributed by atoms with van der Waals surface area (Å²) in [6.45, 7) is 3.18. The lowest BCUT2D eigenvalue weighted by Gasteiger charge is -2.13. The third-order valence-corrected chi connectivity index (χ3v) is 3.67. The highest BCUT2D eigenvalue weighted by molar-refractivity contribution is 6.31. The van der Waals surface area contributed by atoms with Crippen LogP contribution < -0.4 is 10.6 Å². The molecule has 0 aliphatic carbocycles. The summed E-state index contributed by atoms with van der Waals surface area (Å²) in [5, 5.41) is 5.61. The number of benzene rings is 2. The topological polar surface area (TPSA) is 58.2 Å². The van der Waals surface area contributed by atoms with Gasteiger partial charge in [0.15, 0.2) is 0 Å². The quantitative estimate of drug-likeness (QED) is 0.890. The van der Waals surface area contributed by atoms with Crippen molar-refractivity contribution in [3.05, 3.63) is 58.4 Å². The molecule has 0 atom stereocenters. The Kier molecular flexibility index (Phi) is 5.34. The molecule has 0 aliphatic heterocycles. The van der Waals surface area contributed by atoms with E-state index in [1.54, 1.807) is 25.1 Å². The summed E-state index contributed by atoms with van der Waals surface area (Å²) in [7, 11) is 0. The normalized spacial score (nSPS) is 10.3. The summed E-state index contributed by atoms with van der Waals surface area (Å²) in [5.41, 5.74) is 2.03. The van der Waals surface area contributed by atoms with E-state index in [1.807, 2.05) is 0 Å². The summed E-state index contributed by atoms with van der Waals surface area (Å²) in [6.07, 6.45) is -0.171. The van der Waals surface area contributed by atoms with E-state index in [0.717, 1.165) is 5.56 Å². The standard InChI is InChI=1S/C17H16ClFN2O2/c1-10-15(20-11(2)22)7-4-8-16(10)21-17(23)9-12-13(18)5-3-6-14(12)19/h3-8H,9H2,1-2H3,(H,20,22)(H,21,23). The summed E-state index contributed by atoms with van der Waals surface area (Å²) < 4.78 is 13.7. The first kappa shape index (κ1) is 17.0. The minimum absolute atomic E-state index is 0.155. The molecule has 0 radical (unpaired) electrons. The average Bonchev–Trinajstić information content (AvgIpc) is 2.47. The Bertz CT molecular complexity index is 742. The van der Waals surface area contributed by atoms with Crippen LogP contribution in [-0.4, -0.2) is 11.8 Å². The van der Waals surface area contributed by atoms with Gasteiger partial charge < -0.3 is 10.6 Å². The minimum Gasteiger partial charge on any atom is -0.326 e. The van der Waals surface area contributed by atoms with Gasteiger partial charge in [-0.25, -0.2) is 4.39 Å². The minimum atomic E-state index is -0.517. The van der Waals surface area contributed by atoms with Crippen LogP contribution in [0.25, 0.3) is 0 Å². The average molecular weight is 335 g/mol. The maximum atomic E-state index is 13.7. The first-order valence-electron chi connectivity index (χ1n) is 6.98. The van der Waals surface area contributed by atoms with Gasteiger partial charge in [0, 0.05) is 28.9 Å². The van der Waals surface area contributed by atoms with E-state index in [-0.39, 0.29) is 28.8 Å². The van der Waals surface area contributed by atoms with Crippen molar-refractivity contribution in [2.24, 2.45) is 0 Å². The fourth-order valence-electron chi connectivity index (χ4n) is 2.15. The summed E-state index contributed by atoms with van der Waals surface area (Å²) in [4.78, 5) is 23.3. The van der Waals surface area contributed by atoms with Gasteiger partial charge in [-0.3, -0.25) is 9.59 Å². The van der Waals surface area contributed by atoms with Crippen molar-refractivity contribution in [3.8, 4) is 0 Å². The Balaban J connectivity index is 2.16. The molecule has 2 aromatic carbocycles. The van der Waals surface area contributed by atoms with Crippen molar-refractivity contribution in [2.45, 2.75) is 20.3 Å². The molecule has 0 fully saturated rings. The lowest BCUT2D eigenvalue weighted by molar-refractivity contribution is -0.116. The van der Waals surface area contributed by atoms with E-state index in [2.05, 4.69) is 10.6 Å². The molecule has 0 saturated heterocycles. The lowest BCUT2D eigenvalue weighted by atomic mass is 10.1. The molecular weight excluding hydrogens is 319 g/mol. The monoisotopic (exact) mass is 334 g/mol. The van der Waals surface area contributed by atoms with Gasteiger partial charge in [0.25, 0.3) is 0 Å². The van der Waals surface area contributed by atoms with Crippen LogP contribution in [0, 0.1) is 12.7 Å². The Labute approximate surface area is 138 Å². The van der Waals surface area contributed by atoms with Gasteiger partial charge in [-0.2, -0.15) is 0 Å². The summed E-state index contributed by atoms with van der Waals surface area (Å²) in [5.74, 6) is -1.11. The van der Waals surface area contributed by atoms with Crippen LogP contribution in [0.2, 0.25) is 5.02 Å². The van der Waals surface area contributed by atoms with Gasteiger partial charge in [0.2, 0.25) is 11.8 Å². The van der Waals surface area contributed by atoms with E-state index < -0.39 is 5.82 Å². The Morgan fingerprint density at radius 3 is 2.30 bits per heavy atom. The fraction of sp³-hybridized carbons (Fsp3) is 0.176. The van der Waals surface area contributed by atoms with Crippen molar-refractivity contribution < 1.29 is 14.0 Å². The SMILES string of the molecule is CC(=O)Nc1cccc(NC(=O)Cc2c(F)cccc2Cl)c1C. The molecule has 0 aliphatic rings. The zero-order chi connectivity index (χ0) is 17.0.